The molecule has 0 atom stereocenters. The van der Waals surface area contributed by atoms with Crippen LogP contribution in [0.5, 0.6) is 11.5 Å². The predicted octanol–water partition coefficient (Wildman–Crippen LogP) is 4.43. The topological polar surface area (TPSA) is 43.2 Å². The second kappa shape index (κ2) is 6.00. The molecule has 0 aliphatic carbocycles. The van der Waals surface area contributed by atoms with Crippen molar-refractivity contribution in [3.8, 4) is 11.5 Å². The Balaban J connectivity index is 2.30. The third kappa shape index (κ3) is 3.10. The maximum absolute atomic E-state index is 5.27. The fourth-order valence-electron chi connectivity index (χ4n) is 1.65. The minimum atomic E-state index is 0.636. The molecule has 0 saturated heterocycles. The van der Waals surface area contributed by atoms with Crippen LogP contribution in [0.2, 0.25) is 0 Å². The first kappa shape index (κ1) is 13.1. The van der Waals surface area contributed by atoms with E-state index in [1.54, 1.807) is 20.3 Å². The van der Waals surface area contributed by atoms with Crippen LogP contribution in [0.15, 0.2) is 52.7 Å². The molecule has 4 nitrogen and oxygen atoms in total. The Morgan fingerprint density at radius 1 is 0.842 bits per heavy atom. The van der Waals surface area contributed by atoms with Gasteiger partial charge in [0.25, 0.3) is 0 Å². The number of hydrogen-bond acceptors (Lipinski definition) is 4. The third-order valence-corrected chi connectivity index (χ3v) is 2.77. The summed E-state index contributed by atoms with van der Waals surface area (Å²) in [7, 11) is 3.21. The highest BCUT2D eigenvalue weighted by atomic mass is 16.5. The van der Waals surface area contributed by atoms with Crippen LogP contribution in [-0.2, 0) is 0 Å². The lowest BCUT2D eigenvalue weighted by atomic mass is 10.2. The molecule has 0 bridgehead atoms. The van der Waals surface area contributed by atoms with Crippen LogP contribution in [0.3, 0.4) is 0 Å². The molecule has 19 heavy (non-hydrogen) atoms. The van der Waals surface area contributed by atoms with Crippen molar-refractivity contribution >= 4 is 11.4 Å². The van der Waals surface area contributed by atoms with Crippen LogP contribution >= 0.6 is 0 Å². The van der Waals surface area contributed by atoms with Crippen molar-refractivity contribution in [2.24, 2.45) is 10.2 Å². The minimum absolute atomic E-state index is 0.636. The molecule has 0 radical (unpaired) electrons. The minimum Gasteiger partial charge on any atom is -0.497 e. The zero-order valence-electron chi connectivity index (χ0n) is 11.3. The molecule has 0 saturated carbocycles. The highest BCUT2D eigenvalue weighted by Gasteiger charge is 2.04. The van der Waals surface area contributed by atoms with Gasteiger partial charge in [-0.05, 0) is 30.7 Å². The van der Waals surface area contributed by atoms with Gasteiger partial charge in [0.05, 0.1) is 19.9 Å². The number of nitrogens with zero attached hydrogens (tertiary/aromatic N) is 2. The lowest BCUT2D eigenvalue weighted by Gasteiger charge is -2.06. The number of hydrogen-bond donors (Lipinski definition) is 0. The standard InChI is InChI=1S/C15H16N2O2/c1-11-6-4-5-7-13(11)16-17-14-9-8-12(18-2)10-15(14)19-3/h4-10H,1-3H3. The van der Waals surface area contributed by atoms with Crippen molar-refractivity contribution in [1.82, 2.24) is 0 Å². The summed E-state index contributed by atoms with van der Waals surface area (Å²) < 4.78 is 10.4. The average Bonchev–Trinajstić information content (AvgIpc) is 2.46. The quantitative estimate of drug-likeness (QED) is 0.759. The van der Waals surface area contributed by atoms with Gasteiger partial charge < -0.3 is 9.47 Å². The van der Waals surface area contributed by atoms with Crippen molar-refractivity contribution in [3.63, 3.8) is 0 Å². The Kier molecular flexibility index (Phi) is 4.13. The average molecular weight is 256 g/mol. The van der Waals surface area contributed by atoms with Gasteiger partial charge in [0, 0.05) is 6.07 Å². The molecular formula is C15H16N2O2. The summed E-state index contributed by atoms with van der Waals surface area (Å²) >= 11 is 0. The molecule has 0 aromatic heterocycles. The summed E-state index contributed by atoms with van der Waals surface area (Å²) in [5.74, 6) is 1.36. The second-order valence-corrected chi connectivity index (χ2v) is 4.02. The van der Waals surface area contributed by atoms with Crippen LogP contribution in [0.4, 0.5) is 11.4 Å². The highest BCUT2D eigenvalue weighted by Crippen LogP contribution is 2.32. The summed E-state index contributed by atoms with van der Waals surface area (Å²) in [6.07, 6.45) is 0. The van der Waals surface area contributed by atoms with Crippen molar-refractivity contribution in [2.75, 3.05) is 14.2 Å². The van der Waals surface area contributed by atoms with Gasteiger partial charge in [0.1, 0.15) is 17.2 Å². The number of benzene rings is 2. The van der Waals surface area contributed by atoms with Crippen molar-refractivity contribution in [3.05, 3.63) is 48.0 Å². The highest BCUT2D eigenvalue weighted by molar-refractivity contribution is 5.55. The van der Waals surface area contributed by atoms with Gasteiger partial charge in [-0.1, -0.05) is 18.2 Å². The van der Waals surface area contributed by atoms with Gasteiger partial charge >= 0.3 is 0 Å². The van der Waals surface area contributed by atoms with Crippen molar-refractivity contribution < 1.29 is 9.47 Å². The Morgan fingerprint density at radius 3 is 2.26 bits per heavy atom. The van der Waals surface area contributed by atoms with E-state index in [1.807, 2.05) is 43.3 Å². The van der Waals surface area contributed by atoms with E-state index < -0.39 is 0 Å². The first-order valence-corrected chi connectivity index (χ1v) is 5.94. The lowest BCUT2D eigenvalue weighted by Crippen LogP contribution is -1.86. The van der Waals surface area contributed by atoms with E-state index in [4.69, 9.17) is 9.47 Å². The van der Waals surface area contributed by atoms with Gasteiger partial charge in [0.2, 0.25) is 0 Å². The van der Waals surface area contributed by atoms with Gasteiger partial charge in [0.15, 0.2) is 0 Å². The molecule has 0 heterocycles. The molecule has 0 amide bonds. The molecule has 0 spiro atoms. The smallest absolute Gasteiger partial charge is 0.150 e. The fraction of sp³-hybridized carbons (Fsp3) is 0.200. The Bertz CT molecular complexity index is 594. The lowest BCUT2D eigenvalue weighted by molar-refractivity contribution is 0.395. The zero-order chi connectivity index (χ0) is 13.7. The fourth-order valence-corrected chi connectivity index (χ4v) is 1.65. The molecule has 0 aliphatic heterocycles. The van der Waals surface area contributed by atoms with Crippen molar-refractivity contribution in [2.45, 2.75) is 6.92 Å². The van der Waals surface area contributed by atoms with E-state index in [9.17, 15) is 0 Å². The monoisotopic (exact) mass is 256 g/mol. The van der Waals surface area contributed by atoms with Crippen LogP contribution in [0.25, 0.3) is 0 Å². The van der Waals surface area contributed by atoms with Crippen LogP contribution in [-0.4, -0.2) is 14.2 Å². The number of rotatable bonds is 4. The summed E-state index contributed by atoms with van der Waals surface area (Å²) in [4.78, 5) is 0. The molecule has 4 heteroatoms. The first-order chi connectivity index (χ1) is 9.24. The Morgan fingerprint density at radius 2 is 1.58 bits per heavy atom. The number of methoxy groups -OCH3 is 2. The predicted molar refractivity (Wildman–Crippen MR) is 74.9 cm³/mol. The van der Waals surface area contributed by atoms with Gasteiger partial charge in [-0.2, -0.15) is 5.11 Å². The van der Waals surface area contributed by atoms with Gasteiger partial charge in [-0.3, -0.25) is 0 Å². The molecule has 0 fully saturated rings. The summed E-state index contributed by atoms with van der Waals surface area (Å²) in [5, 5.41) is 8.47. The molecule has 0 aliphatic rings. The second-order valence-electron chi connectivity index (χ2n) is 4.02. The largest absolute Gasteiger partial charge is 0.497 e. The molecule has 0 N–H and O–H groups in total. The van der Waals surface area contributed by atoms with E-state index >= 15 is 0 Å². The van der Waals surface area contributed by atoms with E-state index in [0.717, 1.165) is 17.0 Å². The SMILES string of the molecule is COc1ccc(N=Nc2ccccc2C)c(OC)c1. The van der Waals surface area contributed by atoms with E-state index in [-0.39, 0.29) is 0 Å². The third-order valence-electron chi connectivity index (χ3n) is 2.77. The van der Waals surface area contributed by atoms with E-state index in [2.05, 4.69) is 10.2 Å². The Hall–Kier alpha value is -2.36. The number of ether oxygens (including phenoxy) is 2. The maximum atomic E-state index is 5.27. The molecule has 2 aromatic rings. The molecule has 98 valence electrons. The summed E-state index contributed by atoms with van der Waals surface area (Å²) in [5.41, 5.74) is 2.60. The number of azo groups is 1. The normalized spacial score (nSPS) is 10.7. The van der Waals surface area contributed by atoms with E-state index in [0.29, 0.717) is 11.4 Å². The molecular weight excluding hydrogens is 240 g/mol. The molecule has 2 rings (SSSR count). The zero-order valence-corrected chi connectivity index (χ0v) is 11.3. The molecule has 2 aromatic carbocycles. The molecule has 0 unspecified atom stereocenters. The van der Waals surface area contributed by atoms with Gasteiger partial charge in [-0.25, -0.2) is 0 Å². The number of aryl methyl sites for hydroxylation is 1. The van der Waals surface area contributed by atoms with Crippen LogP contribution < -0.4 is 9.47 Å². The maximum Gasteiger partial charge on any atom is 0.150 e. The van der Waals surface area contributed by atoms with Crippen LogP contribution in [0.1, 0.15) is 5.56 Å². The van der Waals surface area contributed by atoms with Crippen molar-refractivity contribution in [1.29, 1.82) is 0 Å². The summed E-state index contributed by atoms with van der Waals surface area (Å²) in [6.45, 7) is 2.00. The van der Waals surface area contributed by atoms with Gasteiger partial charge in [-0.15, -0.1) is 5.11 Å². The van der Waals surface area contributed by atoms with Crippen LogP contribution in [0, 0.1) is 6.92 Å². The summed E-state index contributed by atoms with van der Waals surface area (Å²) in [6, 6.07) is 13.3. The first-order valence-electron chi connectivity index (χ1n) is 5.94. The van der Waals surface area contributed by atoms with E-state index in [1.165, 1.54) is 0 Å². The Labute approximate surface area is 112 Å².